The number of nitrogens with zero attached hydrogens (tertiary/aromatic N) is 1. The molecule has 104 valence electrons. The molecule has 0 aromatic heterocycles. The number of anilines is 2. The van der Waals surface area contributed by atoms with Crippen LogP contribution in [0.4, 0.5) is 11.4 Å². The van der Waals surface area contributed by atoms with E-state index in [1.807, 2.05) is 31.2 Å². The molecule has 0 fully saturated rings. The van der Waals surface area contributed by atoms with E-state index in [2.05, 4.69) is 9.62 Å². The van der Waals surface area contributed by atoms with E-state index in [1.54, 1.807) is 0 Å². The van der Waals surface area contributed by atoms with Crippen LogP contribution in [0.25, 0.3) is 0 Å². The molecule has 0 atom stereocenters. The minimum absolute atomic E-state index is 0. The van der Waals surface area contributed by atoms with Crippen molar-refractivity contribution in [2.75, 3.05) is 36.5 Å². The van der Waals surface area contributed by atoms with E-state index in [1.165, 1.54) is 0 Å². The molecule has 1 aromatic rings. The van der Waals surface area contributed by atoms with Crippen molar-refractivity contribution in [3.8, 4) is 0 Å². The minimum atomic E-state index is -3.11. The van der Waals surface area contributed by atoms with Crippen molar-refractivity contribution in [1.82, 2.24) is 4.72 Å². The molecule has 0 aliphatic carbocycles. The van der Waals surface area contributed by atoms with Gasteiger partial charge in [0, 0.05) is 31.0 Å². The second kappa shape index (κ2) is 7.23. The van der Waals surface area contributed by atoms with Gasteiger partial charge in [0.1, 0.15) is 0 Å². The molecule has 6 heteroatoms. The third-order valence-corrected chi connectivity index (χ3v) is 3.11. The van der Waals surface area contributed by atoms with Crippen molar-refractivity contribution < 1.29 is 8.42 Å². The molecule has 0 aliphatic rings. The first kappa shape index (κ1) is 16.7. The Balaban J connectivity index is 0.00000289. The molecule has 0 saturated heterocycles. The smallest absolute Gasteiger partial charge is 0.208 e. The standard InChI is InChI=1S/C11H19N3O2S.CH4/c1-3-14(9-8-13-17(2,15)16)11-6-4-10(12)5-7-11;/h4-7,13H,3,8-9,12H2,1-2H3;1H4. The predicted molar refractivity (Wildman–Crippen MR) is 78.3 cm³/mol. The molecular weight excluding hydrogens is 250 g/mol. The van der Waals surface area contributed by atoms with Gasteiger partial charge in [0.25, 0.3) is 0 Å². The summed E-state index contributed by atoms with van der Waals surface area (Å²) in [5.41, 5.74) is 7.38. The Kier molecular flexibility index (Phi) is 6.72. The average Bonchev–Trinajstić information content (AvgIpc) is 2.24. The van der Waals surface area contributed by atoms with Crippen molar-refractivity contribution in [3.63, 3.8) is 0 Å². The summed E-state index contributed by atoms with van der Waals surface area (Å²) in [6, 6.07) is 7.53. The van der Waals surface area contributed by atoms with Crippen LogP contribution in [0.15, 0.2) is 24.3 Å². The lowest BCUT2D eigenvalue weighted by Gasteiger charge is -2.23. The Labute approximate surface area is 110 Å². The van der Waals surface area contributed by atoms with E-state index in [4.69, 9.17) is 5.73 Å². The van der Waals surface area contributed by atoms with Gasteiger partial charge in [-0.3, -0.25) is 0 Å². The Morgan fingerprint density at radius 3 is 2.28 bits per heavy atom. The van der Waals surface area contributed by atoms with E-state index in [-0.39, 0.29) is 7.43 Å². The lowest BCUT2D eigenvalue weighted by atomic mass is 10.2. The molecule has 1 rings (SSSR count). The van der Waals surface area contributed by atoms with Gasteiger partial charge in [0.15, 0.2) is 0 Å². The lowest BCUT2D eigenvalue weighted by Crippen LogP contribution is -2.34. The van der Waals surface area contributed by atoms with Gasteiger partial charge in [0.05, 0.1) is 6.26 Å². The normalized spacial score (nSPS) is 10.8. The highest BCUT2D eigenvalue weighted by atomic mass is 32.2. The summed E-state index contributed by atoms with van der Waals surface area (Å²) in [7, 11) is -3.11. The quantitative estimate of drug-likeness (QED) is 0.766. The maximum atomic E-state index is 10.9. The van der Waals surface area contributed by atoms with E-state index in [9.17, 15) is 8.42 Å². The van der Waals surface area contributed by atoms with Gasteiger partial charge < -0.3 is 10.6 Å². The number of nitrogens with two attached hydrogens (primary N) is 1. The molecule has 0 radical (unpaired) electrons. The molecule has 0 heterocycles. The highest BCUT2D eigenvalue weighted by Gasteiger charge is 2.05. The molecular formula is C12H23N3O2S. The fraction of sp³-hybridized carbons (Fsp3) is 0.500. The van der Waals surface area contributed by atoms with E-state index in [0.717, 1.165) is 24.2 Å². The van der Waals surface area contributed by atoms with E-state index >= 15 is 0 Å². The van der Waals surface area contributed by atoms with Crippen LogP contribution in [0.2, 0.25) is 0 Å². The third kappa shape index (κ3) is 5.88. The first-order valence-electron chi connectivity index (χ1n) is 5.47. The number of nitrogen functional groups attached to an aromatic ring is 1. The maximum Gasteiger partial charge on any atom is 0.208 e. The van der Waals surface area contributed by atoms with Crippen LogP contribution < -0.4 is 15.4 Å². The third-order valence-electron chi connectivity index (χ3n) is 2.39. The van der Waals surface area contributed by atoms with Crippen LogP contribution in [0.5, 0.6) is 0 Å². The van der Waals surface area contributed by atoms with Gasteiger partial charge in [-0.15, -0.1) is 0 Å². The molecule has 0 aliphatic heterocycles. The zero-order valence-corrected chi connectivity index (χ0v) is 11.0. The fourth-order valence-electron chi connectivity index (χ4n) is 1.52. The first-order chi connectivity index (χ1) is 7.92. The molecule has 1 aromatic carbocycles. The Morgan fingerprint density at radius 2 is 1.83 bits per heavy atom. The van der Waals surface area contributed by atoms with Crippen LogP contribution in [0.1, 0.15) is 14.4 Å². The van der Waals surface area contributed by atoms with Crippen molar-refractivity contribution in [2.24, 2.45) is 0 Å². The summed E-state index contributed by atoms with van der Waals surface area (Å²) in [5, 5.41) is 0. The zero-order chi connectivity index (χ0) is 12.9. The molecule has 18 heavy (non-hydrogen) atoms. The molecule has 0 bridgehead atoms. The molecule has 5 nitrogen and oxygen atoms in total. The van der Waals surface area contributed by atoms with Crippen LogP contribution in [0.3, 0.4) is 0 Å². The largest absolute Gasteiger partial charge is 0.399 e. The van der Waals surface area contributed by atoms with Gasteiger partial charge in [-0.25, -0.2) is 13.1 Å². The Hall–Kier alpha value is -1.27. The number of likely N-dealkylation sites (N-methyl/N-ethyl adjacent to an activating group) is 1. The summed E-state index contributed by atoms with van der Waals surface area (Å²) >= 11 is 0. The van der Waals surface area contributed by atoms with E-state index in [0.29, 0.717) is 13.1 Å². The predicted octanol–water partition coefficient (Wildman–Crippen LogP) is 1.28. The molecule has 0 saturated carbocycles. The number of hydrogen-bond donors (Lipinski definition) is 2. The molecule has 0 unspecified atom stereocenters. The monoisotopic (exact) mass is 273 g/mol. The minimum Gasteiger partial charge on any atom is -0.399 e. The van der Waals surface area contributed by atoms with Gasteiger partial charge in [-0.1, -0.05) is 7.43 Å². The fourth-order valence-corrected chi connectivity index (χ4v) is 1.98. The Bertz CT molecular complexity index is 443. The summed E-state index contributed by atoms with van der Waals surface area (Å²) in [6.07, 6.45) is 1.16. The summed E-state index contributed by atoms with van der Waals surface area (Å²) in [4.78, 5) is 2.08. The Morgan fingerprint density at radius 1 is 1.28 bits per heavy atom. The first-order valence-corrected chi connectivity index (χ1v) is 7.36. The summed E-state index contributed by atoms with van der Waals surface area (Å²) in [5.74, 6) is 0. The average molecular weight is 273 g/mol. The molecule has 0 spiro atoms. The second-order valence-electron chi connectivity index (χ2n) is 3.84. The number of benzene rings is 1. The molecule has 3 N–H and O–H groups in total. The second-order valence-corrected chi connectivity index (χ2v) is 5.67. The summed E-state index contributed by atoms with van der Waals surface area (Å²) in [6.45, 7) is 3.87. The number of nitrogens with one attached hydrogen (secondary N) is 1. The van der Waals surface area contributed by atoms with Crippen molar-refractivity contribution in [2.45, 2.75) is 14.4 Å². The van der Waals surface area contributed by atoms with Crippen LogP contribution in [-0.4, -0.2) is 34.3 Å². The summed E-state index contributed by atoms with van der Waals surface area (Å²) < 4.78 is 24.3. The number of sulfonamides is 1. The van der Waals surface area contributed by atoms with Gasteiger partial charge in [-0.2, -0.15) is 0 Å². The SMILES string of the molecule is C.CCN(CCNS(C)(=O)=O)c1ccc(N)cc1. The highest BCUT2D eigenvalue weighted by molar-refractivity contribution is 7.88. The van der Waals surface area contributed by atoms with Crippen LogP contribution >= 0.6 is 0 Å². The van der Waals surface area contributed by atoms with Crippen molar-refractivity contribution in [1.29, 1.82) is 0 Å². The zero-order valence-electron chi connectivity index (χ0n) is 10.2. The van der Waals surface area contributed by atoms with Gasteiger partial charge in [-0.05, 0) is 31.2 Å². The lowest BCUT2D eigenvalue weighted by molar-refractivity contribution is 0.587. The van der Waals surface area contributed by atoms with E-state index < -0.39 is 10.0 Å². The van der Waals surface area contributed by atoms with Crippen molar-refractivity contribution >= 4 is 21.4 Å². The number of rotatable bonds is 6. The van der Waals surface area contributed by atoms with Crippen molar-refractivity contribution in [3.05, 3.63) is 24.3 Å². The maximum absolute atomic E-state index is 10.9. The number of hydrogen-bond acceptors (Lipinski definition) is 4. The van der Waals surface area contributed by atoms with Crippen LogP contribution in [0, 0.1) is 0 Å². The highest BCUT2D eigenvalue weighted by Crippen LogP contribution is 2.15. The topological polar surface area (TPSA) is 75.4 Å². The molecule has 0 amide bonds. The van der Waals surface area contributed by atoms with Gasteiger partial charge >= 0.3 is 0 Å². The van der Waals surface area contributed by atoms with Crippen LogP contribution in [-0.2, 0) is 10.0 Å². The van der Waals surface area contributed by atoms with Gasteiger partial charge in [0.2, 0.25) is 10.0 Å².